The van der Waals surface area contributed by atoms with Gasteiger partial charge in [-0.1, -0.05) is 59.4 Å². The molecule has 0 aliphatic carbocycles. The minimum atomic E-state index is -0.547. The third-order valence-corrected chi connectivity index (χ3v) is 6.05. The summed E-state index contributed by atoms with van der Waals surface area (Å²) in [6.45, 7) is 7.44. The maximum Gasteiger partial charge on any atom is 0.338 e. The molecule has 0 aromatic heterocycles. The Bertz CT molecular complexity index is 834. The second kappa shape index (κ2) is 7.80. The van der Waals surface area contributed by atoms with E-state index in [1.807, 2.05) is 31.2 Å². The summed E-state index contributed by atoms with van der Waals surface area (Å²) < 4.78 is 6.16. The highest BCUT2D eigenvalue weighted by Crippen LogP contribution is 2.44. The lowest BCUT2D eigenvalue weighted by Crippen LogP contribution is -2.40. The normalized spacial score (nSPS) is 22.2. The van der Waals surface area contributed by atoms with Crippen molar-refractivity contribution in [1.29, 1.82) is 0 Å². The molecular formula is C19H19BrN2O3S. The highest BCUT2D eigenvalue weighted by atomic mass is 79.9. The Morgan fingerprint density at radius 1 is 1.50 bits per heavy atom. The summed E-state index contributed by atoms with van der Waals surface area (Å²) in [4.78, 5) is 31.8. The Morgan fingerprint density at radius 3 is 2.92 bits per heavy atom. The third-order valence-electron chi connectivity index (χ3n) is 4.24. The smallest absolute Gasteiger partial charge is 0.338 e. The van der Waals surface area contributed by atoms with Crippen molar-refractivity contribution >= 4 is 44.7 Å². The largest absolute Gasteiger partial charge is 0.458 e. The molecule has 26 heavy (non-hydrogen) atoms. The van der Waals surface area contributed by atoms with Crippen LogP contribution in [0, 0.1) is 0 Å². The maximum atomic E-state index is 12.9. The fourth-order valence-electron chi connectivity index (χ4n) is 3.05. The van der Waals surface area contributed by atoms with Gasteiger partial charge >= 0.3 is 5.97 Å². The van der Waals surface area contributed by atoms with Crippen LogP contribution in [-0.4, -0.2) is 33.8 Å². The maximum absolute atomic E-state index is 12.9. The van der Waals surface area contributed by atoms with Crippen LogP contribution in [0.15, 0.2) is 57.7 Å². The Hall–Kier alpha value is -1.86. The van der Waals surface area contributed by atoms with E-state index in [0.717, 1.165) is 10.0 Å². The van der Waals surface area contributed by atoms with E-state index in [-0.39, 0.29) is 17.8 Å². The summed E-state index contributed by atoms with van der Waals surface area (Å²) in [5.74, 6) is -0.504. The van der Waals surface area contributed by atoms with Crippen LogP contribution in [0.1, 0.15) is 31.9 Å². The zero-order valence-electron chi connectivity index (χ0n) is 14.6. The number of benzene rings is 1. The van der Waals surface area contributed by atoms with Crippen LogP contribution in [-0.2, 0) is 14.3 Å². The average molecular weight is 435 g/mol. The number of esters is 1. The zero-order chi connectivity index (χ0) is 18.8. The second-order valence-electron chi connectivity index (χ2n) is 5.96. The van der Waals surface area contributed by atoms with Gasteiger partial charge in [-0.3, -0.25) is 9.69 Å². The summed E-state index contributed by atoms with van der Waals surface area (Å²) in [5, 5.41) is 0.462. The van der Waals surface area contributed by atoms with Crippen molar-refractivity contribution < 1.29 is 14.3 Å². The van der Waals surface area contributed by atoms with E-state index in [2.05, 4.69) is 27.5 Å². The molecule has 3 rings (SSSR count). The lowest BCUT2D eigenvalue weighted by molar-refractivity contribution is -0.139. The summed E-state index contributed by atoms with van der Waals surface area (Å²) in [6, 6.07) is 7.07. The molecular weight excluding hydrogens is 416 g/mol. The molecule has 5 nitrogen and oxygen atoms in total. The van der Waals surface area contributed by atoms with Gasteiger partial charge in [0, 0.05) is 4.47 Å². The van der Waals surface area contributed by atoms with E-state index in [0.29, 0.717) is 22.9 Å². The highest BCUT2D eigenvalue weighted by Gasteiger charge is 2.47. The molecule has 2 aliphatic rings. The first-order valence-electron chi connectivity index (χ1n) is 8.30. The number of carbonyl (C=O) groups is 2. The second-order valence-corrected chi connectivity index (χ2v) is 8.05. The van der Waals surface area contributed by atoms with Gasteiger partial charge in [-0.2, -0.15) is 0 Å². The average Bonchev–Trinajstić information content (AvgIpc) is 2.93. The zero-order valence-corrected chi connectivity index (χ0v) is 17.0. The number of aliphatic imine (C=N–C) groups is 1. The van der Waals surface area contributed by atoms with Crippen LogP contribution >= 0.6 is 27.7 Å². The lowest BCUT2D eigenvalue weighted by atomic mass is 9.94. The number of nitrogens with zero attached hydrogens (tertiary/aromatic N) is 2. The molecule has 0 unspecified atom stereocenters. The number of amides is 1. The first-order valence-corrected chi connectivity index (χ1v) is 9.97. The Balaban J connectivity index is 2.12. The van der Waals surface area contributed by atoms with Crippen molar-refractivity contribution in [2.24, 2.45) is 4.99 Å². The van der Waals surface area contributed by atoms with Crippen molar-refractivity contribution in [2.45, 2.75) is 31.6 Å². The van der Waals surface area contributed by atoms with Crippen LogP contribution < -0.4 is 0 Å². The monoisotopic (exact) mass is 434 g/mol. The molecule has 1 fully saturated rings. The minimum Gasteiger partial charge on any atom is -0.458 e. The number of thioether (sulfide) groups is 1. The number of fused-ring (bicyclic) bond motifs is 1. The molecule has 2 aliphatic heterocycles. The number of hydrogen-bond acceptors (Lipinski definition) is 5. The fraction of sp³-hybridized carbons (Fsp3) is 0.316. The number of hydrogen-bond donors (Lipinski definition) is 0. The van der Waals surface area contributed by atoms with Gasteiger partial charge < -0.3 is 4.74 Å². The molecule has 0 N–H and O–H groups in total. The van der Waals surface area contributed by atoms with Gasteiger partial charge in [-0.05, 0) is 31.0 Å². The number of allylic oxidation sites excluding steroid dienone is 1. The predicted octanol–water partition coefficient (Wildman–Crippen LogP) is 4.22. The van der Waals surface area contributed by atoms with Gasteiger partial charge in [0.2, 0.25) is 5.91 Å². The Kier molecular flexibility index (Phi) is 5.67. The van der Waals surface area contributed by atoms with E-state index in [9.17, 15) is 9.59 Å². The van der Waals surface area contributed by atoms with Crippen LogP contribution in [0.4, 0.5) is 0 Å². The minimum absolute atomic E-state index is 0.0252. The summed E-state index contributed by atoms with van der Waals surface area (Å²) >= 11 is 4.92. The summed E-state index contributed by atoms with van der Waals surface area (Å²) in [6.07, 6.45) is 2.23. The van der Waals surface area contributed by atoms with E-state index in [4.69, 9.17) is 4.74 Å². The van der Waals surface area contributed by atoms with Crippen LogP contribution in [0.3, 0.4) is 0 Å². The van der Waals surface area contributed by atoms with Crippen molar-refractivity contribution in [3.8, 4) is 0 Å². The number of amidine groups is 1. The molecule has 2 heterocycles. The van der Waals surface area contributed by atoms with Crippen molar-refractivity contribution in [1.82, 2.24) is 4.90 Å². The number of ether oxygens (including phenoxy) is 1. The lowest BCUT2D eigenvalue weighted by Gasteiger charge is -2.33. The molecule has 1 aromatic rings. The number of halogens is 1. The summed E-state index contributed by atoms with van der Waals surface area (Å²) in [7, 11) is 0. The standard InChI is InChI=1S/C19H19BrN2O3S/c1-4-9-25-18(24)15-11(3)21-19-22(17(23)14(5-2)26-19)16(15)12-7-6-8-13(20)10-12/h4,6-8,10,14,16H,1,5,9H2,2-3H3/t14-,16+/m0/s1. The van der Waals surface area contributed by atoms with Crippen molar-refractivity contribution in [3.05, 3.63) is 58.2 Å². The van der Waals surface area contributed by atoms with E-state index in [1.54, 1.807) is 11.8 Å². The van der Waals surface area contributed by atoms with E-state index >= 15 is 0 Å². The SMILES string of the molecule is C=CCOC(=O)C1=C(C)N=C2S[C@@H](CC)C(=O)N2[C@@H]1c1cccc(Br)c1. The fourth-order valence-corrected chi connectivity index (χ4v) is 4.61. The van der Waals surface area contributed by atoms with Gasteiger partial charge in [0.05, 0.1) is 22.6 Å². The molecule has 2 atom stereocenters. The van der Waals surface area contributed by atoms with Crippen LogP contribution in [0.2, 0.25) is 0 Å². The van der Waals surface area contributed by atoms with Gasteiger partial charge in [-0.25, -0.2) is 9.79 Å². The molecule has 136 valence electrons. The van der Waals surface area contributed by atoms with Crippen molar-refractivity contribution in [2.75, 3.05) is 6.61 Å². The highest BCUT2D eigenvalue weighted by molar-refractivity contribution is 9.10. The molecule has 1 amide bonds. The Labute approximate surface area is 165 Å². The summed E-state index contributed by atoms with van der Waals surface area (Å²) in [5.41, 5.74) is 1.80. The van der Waals surface area contributed by atoms with Crippen molar-refractivity contribution in [3.63, 3.8) is 0 Å². The van der Waals surface area contributed by atoms with Gasteiger partial charge in [0.25, 0.3) is 0 Å². The first-order chi connectivity index (χ1) is 12.5. The number of carbonyl (C=O) groups excluding carboxylic acids is 2. The van der Waals surface area contributed by atoms with Crippen LogP contribution in [0.5, 0.6) is 0 Å². The molecule has 0 saturated carbocycles. The van der Waals surface area contributed by atoms with Gasteiger partial charge in [0.15, 0.2) is 5.17 Å². The molecule has 1 aromatic carbocycles. The Morgan fingerprint density at radius 2 is 2.27 bits per heavy atom. The molecule has 0 radical (unpaired) electrons. The number of rotatable bonds is 5. The van der Waals surface area contributed by atoms with Gasteiger partial charge in [-0.15, -0.1) is 0 Å². The first kappa shape index (κ1) is 18.9. The quantitative estimate of drug-likeness (QED) is 0.514. The topological polar surface area (TPSA) is 59.0 Å². The van der Waals surface area contributed by atoms with Crippen LogP contribution in [0.25, 0.3) is 0 Å². The third kappa shape index (κ3) is 3.38. The molecule has 7 heteroatoms. The molecule has 1 saturated heterocycles. The molecule has 0 bridgehead atoms. The van der Waals surface area contributed by atoms with E-state index < -0.39 is 12.0 Å². The molecule has 0 spiro atoms. The van der Waals surface area contributed by atoms with E-state index in [1.165, 1.54) is 17.8 Å². The van der Waals surface area contributed by atoms with Gasteiger partial charge in [0.1, 0.15) is 6.61 Å². The predicted molar refractivity (Wildman–Crippen MR) is 107 cm³/mol.